The van der Waals surface area contributed by atoms with Gasteiger partial charge in [0.15, 0.2) is 0 Å². The number of aromatic nitrogens is 2. The predicted octanol–water partition coefficient (Wildman–Crippen LogP) is 1.48. The van der Waals surface area contributed by atoms with Gasteiger partial charge in [0.1, 0.15) is 0 Å². The molecule has 1 aliphatic rings. The Bertz CT molecular complexity index is 579. The summed E-state index contributed by atoms with van der Waals surface area (Å²) in [5.74, 6) is 0.779. The molecule has 1 saturated heterocycles. The van der Waals surface area contributed by atoms with E-state index >= 15 is 0 Å². The van der Waals surface area contributed by atoms with Crippen molar-refractivity contribution in [2.75, 3.05) is 37.7 Å². The lowest BCUT2D eigenvalue weighted by molar-refractivity contribution is 0.122. The monoisotopic (exact) mass is 284 g/mol. The number of hydrogen-bond donors (Lipinski definition) is 1. The largest absolute Gasteiger partial charge is 0.378 e. The van der Waals surface area contributed by atoms with E-state index in [1.165, 1.54) is 5.56 Å². The molecule has 3 rings (SSSR count). The van der Waals surface area contributed by atoms with E-state index in [4.69, 9.17) is 10.5 Å². The second kappa shape index (κ2) is 6.65. The fraction of sp³-hybridized carbons (Fsp3) is 0.375. The summed E-state index contributed by atoms with van der Waals surface area (Å²) in [5, 5.41) is 0. The summed E-state index contributed by atoms with van der Waals surface area (Å²) in [7, 11) is 0. The molecular formula is C16H20N4O. The van der Waals surface area contributed by atoms with Crippen molar-refractivity contribution in [2.45, 2.75) is 6.42 Å². The molecule has 5 nitrogen and oxygen atoms in total. The average Bonchev–Trinajstić information content (AvgIpc) is 2.57. The van der Waals surface area contributed by atoms with E-state index in [1.54, 1.807) is 0 Å². The van der Waals surface area contributed by atoms with Crippen LogP contribution in [0.15, 0.2) is 36.5 Å². The summed E-state index contributed by atoms with van der Waals surface area (Å²) in [6, 6.07) is 10.4. The summed E-state index contributed by atoms with van der Waals surface area (Å²) in [6.45, 7) is 3.84. The standard InChI is InChI=1S/C16H20N4O/c17-7-5-13-1-3-14(4-2-13)15-6-8-18-16(19-15)20-9-11-21-12-10-20/h1-4,6,8H,5,7,9-12,17H2. The third kappa shape index (κ3) is 3.37. The molecule has 0 unspecified atom stereocenters. The van der Waals surface area contributed by atoms with Gasteiger partial charge in [-0.2, -0.15) is 0 Å². The molecule has 5 heteroatoms. The topological polar surface area (TPSA) is 64.3 Å². The minimum Gasteiger partial charge on any atom is -0.378 e. The van der Waals surface area contributed by atoms with Gasteiger partial charge in [-0.05, 0) is 24.6 Å². The Kier molecular flexibility index (Phi) is 4.43. The SMILES string of the molecule is NCCc1ccc(-c2ccnc(N3CCOCC3)n2)cc1. The quantitative estimate of drug-likeness (QED) is 0.921. The van der Waals surface area contributed by atoms with E-state index < -0.39 is 0 Å². The summed E-state index contributed by atoms with van der Waals surface area (Å²) in [5.41, 5.74) is 8.88. The third-order valence-corrected chi connectivity index (χ3v) is 3.62. The minimum absolute atomic E-state index is 0.675. The Balaban J connectivity index is 1.81. The van der Waals surface area contributed by atoms with E-state index in [0.717, 1.165) is 49.9 Å². The Morgan fingerprint density at radius 3 is 2.57 bits per heavy atom. The molecular weight excluding hydrogens is 264 g/mol. The van der Waals surface area contributed by atoms with Crippen molar-refractivity contribution in [3.8, 4) is 11.3 Å². The number of morpholine rings is 1. The lowest BCUT2D eigenvalue weighted by Gasteiger charge is -2.26. The molecule has 1 aromatic heterocycles. The van der Waals surface area contributed by atoms with E-state index in [-0.39, 0.29) is 0 Å². The maximum absolute atomic E-state index is 5.58. The highest BCUT2D eigenvalue weighted by Gasteiger charge is 2.14. The normalized spacial score (nSPS) is 15.2. The van der Waals surface area contributed by atoms with E-state index in [9.17, 15) is 0 Å². The number of rotatable bonds is 4. The van der Waals surface area contributed by atoms with Gasteiger partial charge >= 0.3 is 0 Å². The Labute approximate surface area is 124 Å². The van der Waals surface area contributed by atoms with Crippen LogP contribution < -0.4 is 10.6 Å². The van der Waals surface area contributed by atoms with Gasteiger partial charge in [-0.25, -0.2) is 9.97 Å². The van der Waals surface area contributed by atoms with Crippen molar-refractivity contribution in [1.82, 2.24) is 9.97 Å². The maximum atomic E-state index is 5.58. The second-order valence-electron chi connectivity index (χ2n) is 5.08. The number of hydrogen-bond acceptors (Lipinski definition) is 5. The van der Waals surface area contributed by atoms with Crippen molar-refractivity contribution < 1.29 is 4.74 Å². The lowest BCUT2D eigenvalue weighted by Crippen LogP contribution is -2.37. The fourth-order valence-electron chi connectivity index (χ4n) is 2.43. The Hall–Kier alpha value is -1.98. The molecule has 21 heavy (non-hydrogen) atoms. The third-order valence-electron chi connectivity index (χ3n) is 3.62. The zero-order valence-electron chi connectivity index (χ0n) is 12.0. The van der Waals surface area contributed by atoms with Crippen LogP contribution in [0, 0.1) is 0 Å². The molecule has 0 bridgehead atoms. The molecule has 0 spiro atoms. The highest BCUT2D eigenvalue weighted by molar-refractivity contribution is 5.60. The van der Waals surface area contributed by atoms with Gasteiger partial charge in [-0.3, -0.25) is 0 Å². The number of anilines is 1. The molecule has 2 aromatic rings. The van der Waals surface area contributed by atoms with Crippen molar-refractivity contribution in [3.05, 3.63) is 42.1 Å². The Morgan fingerprint density at radius 2 is 1.86 bits per heavy atom. The zero-order chi connectivity index (χ0) is 14.5. The first-order chi connectivity index (χ1) is 10.4. The van der Waals surface area contributed by atoms with E-state index in [1.807, 2.05) is 12.3 Å². The first-order valence-corrected chi connectivity index (χ1v) is 7.32. The lowest BCUT2D eigenvalue weighted by atomic mass is 10.1. The zero-order valence-corrected chi connectivity index (χ0v) is 12.0. The molecule has 1 aromatic carbocycles. The van der Waals surface area contributed by atoms with Crippen LogP contribution in [0.2, 0.25) is 0 Å². The summed E-state index contributed by atoms with van der Waals surface area (Å²) >= 11 is 0. The van der Waals surface area contributed by atoms with Gasteiger partial charge in [0, 0.05) is 24.8 Å². The smallest absolute Gasteiger partial charge is 0.226 e. The Morgan fingerprint density at radius 1 is 1.10 bits per heavy atom. The average molecular weight is 284 g/mol. The van der Waals surface area contributed by atoms with Crippen LogP contribution in [0.5, 0.6) is 0 Å². The van der Waals surface area contributed by atoms with E-state index in [2.05, 4.69) is 39.1 Å². The van der Waals surface area contributed by atoms with Crippen LogP contribution in [0.1, 0.15) is 5.56 Å². The molecule has 0 aliphatic carbocycles. The number of ether oxygens (including phenoxy) is 1. The summed E-state index contributed by atoms with van der Waals surface area (Å²) in [4.78, 5) is 11.2. The highest BCUT2D eigenvalue weighted by Crippen LogP contribution is 2.20. The van der Waals surface area contributed by atoms with Crippen LogP contribution >= 0.6 is 0 Å². The van der Waals surface area contributed by atoms with Crippen LogP contribution in [0.4, 0.5) is 5.95 Å². The van der Waals surface area contributed by atoms with Gasteiger partial charge in [-0.1, -0.05) is 24.3 Å². The van der Waals surface area contributed by atoms with Crippen LogP contribution in [-0.2, 0) is 11.2 Å². The van der Waals surface area contributed by atoms with Crippen molar-refractivity contribution >= 4 is 5.95 Å². The predicted molar refractivity (Wildman–Crippen MR) is 83.3 cm³/mol. The molecule has 0 radical (unpaired) electrons. The molecule has 1 fully saturated rings. The highest BCUT2D eigenvalue weighted by atomic mass is 16.5. The second-order valence-corrected chi connectivity index (χ2v) is 5.08. The maximum Gasteiger partial charge on any atom is 0.226 e. The van der Waals surface area contributed by atoms with Crippen LogP contribution in [0.25, 0.3) is 11.3 Å². The molecule has 2 N–H and O–H groups in total. The fourth-order valence-corrected chi connectivity index (χ4v) is 2.43. The van der Waals surface area contributed by atoms with Gasteiger partial charge in [-0.15, -0.1) is 0 Å². The van der Waals surface area contributed by atoms with Gasteiger partial charge < -0.3 is 15.4 Å². The van der Waals surface area contributed by atoms with E-state index in [0.29, 0.717) is 6.54 Å². The minimum atomic E-state index is 0.675. The molecule has 110 valence electrons. The molecule has 1 aliphatic heterocycles. The number of nitrogens with two attached hydrogens (primary N) is 1. The van der Waals surface area contributed by atoms with Gasteiger partial charge in [0.05, 0.1) is 18.9 Å². The van der Waals surface area contributed by atoms with Crippen molar-refractivity contribution in [2.24, 2.45) is 5.73 Å². The van der Waals surface area contributed by atoms with Crippen LogP contribution in [0.3, 0.4) is 0 Å². The summed E-state index contributed by atoms with van der Waals surface area (Å²) in [6.07, 6.45) is 2.73. The number of benzene rings is 1. The van der Waals surface area contributed by atoms with Gasteiger partial charge in [0.2, 0.25) is 5.95 Å². The first kappa shape index (κ1) is 14.0. The molecule has 2 heterocycles. The first-order valence-electron chi connectivity index (χ1n) is 7.32. The van der Waals surface area contributed by atoms with Crippen molar-refractivity contribution in [3.63, 3.8) is 0 Å². The molecule has 0 atom stereocenters. The number of nitrogens with zero attached hydrogens (tertiary/aromatic N) is 3. The van der Waals surface area contributed by atoms with Gasteiger partial charge in [0.25, 0.3) is 0 Å². The van der Waals surface area contributed by atoms with Crippen LogP contribution in [-0.4, -0.2) is 42.8 Å². The summed E-state index contributed by atoms with van der Waals surface area (Å²) < 4.78 is 5.36. The molecule has 0 amide bonds. The molecule has 0 saturated carbocycles. The van der Waals surface area contributed by atoms with Crippen molar-refractivity contribution in [1.29, 1.82) is 0 Å².